The molecule has 2 rings (SSSR count). The van der Waals surface area contributed by atoms with E-state index >= 15 is 0 Å². The minimum absolute atomic E-state index is 0.0206. The molecule has 1 amide bonds. The van der Waals surface area contributed by atoms with Crippen molar-refractivity contribution in [2.75, 3.05) is 7.11 Å². The number of nitrogens with zero attached hydrogens (tertiary/aromatic N) is 1. The second-order valence-corrected chi connectivity index (χ2v) is 6.40. The minimum Gasteiger partial charge on any atom is -0.497 e. The molecule has 5 nitrogen and oxygen atoms in total. The van der Waals surface area contributed by atoms with E-state index in [-0.39, 0.29) is 11.4 Å². The van der Waals surface area contributed by atoms with Gasteiger partial charge in [-0.25, -0.2) is 0 Å². The molecule has 1 heterocycles. The van der Waals surface area contributed by atoms with Gasteiger partial charge in [0.25, 0.3) is 0 Å². The number of imidazole rings is 1. The number of rotatable bonds is 4. The number of carbonyl (C=O) groups is 1. The van der Waals surface area contributed by atoms with Gasteiger partial charge in [-0.1, -0.05) is 0 Å². The highest BCUT2D eigenvalue weighted by Crippen LogP contribution is 2.20. The van der Waals surface area contributed by atoms with E-state index in [1.807, 2.05) is 43.5 Å². The number of nitrogens with one attached hydrogen (secondary N) is 2. The second kappa shape index (κ2) is 5.89. The van der Waals surface area contributed by atoms with Gasteiger partial charge in [-0.3, -0.25) is 4.79 Å². The summed E-state index contributed by atoms with van der Waals surface area (Å²) in [5.74, 6) is 0.795. The molecule has 0 fully saturated rings. The molecular formula is C15H21N3O2S. The van der Waals surface area contributed by atoms with Crippen LogP contribution < -0.4 is 10.1 Å². The Labute approximate surface area is 129 Å². The van der Waals surface area contributed by atoms with Crippen LogP contribution in [0.5, 0.6) is 5.75 Å². The standard InChI is InChI=1S/C15H21N3O2S/c1-15(2,3)17-13(19)7-8-18-12-6-5-10(20-4)9-11(12)16-14(18)21/h5-6,9H,7-8H2,1-4H3,(H,16,21)(H,17,19). The van der Waals surface area contributed by atoms with Gasteiger partial charge >= 0.3 is 0 Å². The van der Waals surface area contributed by atoms with Crippen LogP contribution in [0.1, 0.15) is 27.2 Å². The smallest absolute Gasteiger partial charge is 0.222 e. The molecular weight excluding hydrogens is 286 g/mol. The van der Waals surface area contributed by atoms with Gasteiger partial charge in [0, 0.05) is 24.6 Å². The van der Waals surface area contributed by atoms with Gasteiger partial charge in [-0.05, 0) is 45.1 Å². The fourth-order valence-corrected chi connectivity index (χ4v) is 2.49. The van der Waals surface area contributed by atoms with Gasteiger partial charge in [0.1, 0.15) is 5.75 Å². The molecule has 0 unspecified atom stereocenters. The van der Waals surface area contributed by atoms with Crippen molar-refractivity contribution in [2.45, 2.75) is 39.3 Å². The van der Waals surface area contributed by atoms with Crippen LogP contribution in [0, 0.1) is 4.77 Å². The summed E-state index contributed by atoms with van der Waals surface area (Å²) in [5.41, 5.74) is 1.67. The number of aromatic amines is 1. The van der Waals surface area contributed by atoms with Crippen LogP contribution in [-0.4, -0.2) is 28.1 Å². The summed E-state index contributed by atoms with van der Waals surface area (Å²) in [6.07, 6.45) is 0.393. The lowest BCUT2D eigenvalue weighted by molar-refractivity contribution is -0.122. The van der Waals surface area contributed by atoms with Gasteiger partial charge in [-0.2, -0.15) is 0 Å². The van der Waals surface area contributed by atoms with Crippen molar-refractivity contribution in [3.05, 3.63) is 23.0 Å². The molecule has 0 bridgehead atoms. The zero-order valence-electron chi connectivity index (χ0n) is 12.8. The van der Waals surface area contributed by atoms with E-state index in [4.69, 9.17) is 17.0 Å². The lowest BCUT2D eigenvalue weighted by atomic mass is 10.1. The highest BCUT2D eigenvalue weighted by atomic mass is 32.1. The zero-order valence-corrected chi connectivity index (χ0v) is 13.6. The molecule has 2 aromatic rings. The third-order valence-corrected chi connectivity index (χ3v) is 3.38. The minimum atomic E-state index is -0.216. The highest BCUT2D eigenvalue weighted by Gasteiger charge is 2.14. The summed E-state index contributed by atoms with van der Waals surface area (Å²) < 4.78 is 7.75. The molecule has 1 aromatic heterocycles. The van der Waals surface area contributed by atoms with Crippen LogP contribution in [0.2, 0.25) is 0 Å². The predicted octanol–water partition coefficient (Wildman–Crippen LogP) is 3.01. The molecule has 2 N–H and O–H groups in total. The molecule has 0 aliphatic rings. The van der Waals surface area contributed by atoms with Gasteiger partial charge < -0.3 is 19.6 Å². The van der Waals surface area contributed by atoms with Crippen molar-refractivity contribution in [1.29, 1.82) is 0 Å². The Balaban J connectivity index is 2.17. The van der Waals surface area contributed by atoms with Crippen LogP contribution in [-0.2, 0) is 11.3 Å². The normalized spacial score (nSPS) is 11.6. The molecule has 0 saturated carbocycles. The van der Waals surface area contributed by atoms with Crippen LogP contribution >= 0.6 is 12.2 Å². The Morgan fingerprint density at radius 3 is 2.76 bits per heavy atom. The number of hydrogen-bond acceptors (Lipinski definition) is 3. The monoisotopic (exact) mass is 307 g/mol. The van der Waals surface area contributed by atoms with Gasteiger partial charge in [-0.15, -0.1) is 0 Å². The Kier molecular flexibility index (Phi) is 4.37. The first-order chi connectivity index (χ1) is 9.80. The number of hydrogen-bond donors (Lipinski definition) is 2. The Hall–Kier alpha value is -1.82. The molecule has 0 atom stereocenters. The highest BCUT2D eigenvalue weighted by molar-refractivity contribution is 7.71. The first-order valence-electron chi connectivity index (χ1n) is 6.88. The average molecular weight is 307 g/mol. The number of methoxy groups -OCH3 is 1. The van der Waals surface area contributed by atoms with E-state index in [2.05, 4.69) is 10.3 Å². The SMILES string of the molecule is COc1ccc2c(c1)[nH]c(=S)n2CCC(=O)NC(C)(C)C. The van der Waals surface area contributed by atoms with Crippen molar-refractivity contribution in [2.24, 2.45) is 0 Å². The van der Waals surface area contributed by atoms with Crippen LogP contribution in [0.3, 0.4) is 0 Å². The van der Waals surface area contributed by atoms with Gasteiger partial charge in [0.15, 0.2) is 4.77 Å². The quantitative estimate of drug-likeness (QED) is 0.854. The van der Waals surface area contributed by atoms with Crippen molar-refractivity contribution >= 4 is 29.2 Å². The van der Waals surface area contributed by atoms with Crippen molar-refractivity contribution in [3.63, 3.8) is 0 Å². The van der Waals surface area contributed by atoms with E-state index in [9.17, 15) is 4.79 Å². The number of H-pyrrole nitrogens is 1. The van der Waals surface area contributed by atoms with E-state index in [1.54, 1.807) is 7.11 Å². The number of amides is 1. The molecule has 114 valence electrons. The zero-order chi connectivity index (χ0) is 15.6. The summed E-state index contributed by atoms with van der Waals surface area (Å²) >= 11 is 5.33. The maximum absolute atomic E-state index is 11.9. The predicted molar refractivity (Wildman–Crippen MR) is 86.2 cm³/mol. The molecule has 0 saturated heterocycles. The fraction of sp³-hybridized carbons (Fsp3) is 0.467. The lowest BCUT2D eigenvalue weighted by Crippen LogP contribution is -2.40. The number of fused-ring (bicyclic) bond motifs is 1. The number of carbonyl (C=O) groups excluding carboxylic acids is 1. The van der Waals surface area contributed by atoms with Crippen molar-refractivity contribution in [1.82, 2.24) is 14.9 Å². The largest absolute Gasteiger partial charge is 0.497 e. The van der Waals surface area contributed by atoms with E-state index < -0.39 is 0 Å². The lowest BCUT2D eigenvalue weighted by Gasteiger charge is -2.20. The topological polar surface area (TPSA) is 59.0 Å². The summed E-state index contributed by atoms with van der Waals surface area (Å²) in [6, 6.07) is 5.73. The molecule has 0 aliphatic heterocycles. The summed E-state index contributed by atoms with van der Waals surface area (Å²) in [7, 11) is 1.63. The fourth-order valence-electron chi connectivity index (χ4n) is 2.19. The van der Waals surface area contributed by atoms with E-state index in [0.717, 1.165) is 16.8 Å². The third kappa shape index (κ3) is 3.85. The summed E-state index contributed by atoms with van der Waals surface area (Å²) in [5, 5.41) is 2.95. The number of ether oxygens (including phenoxy) is 1. The molecule has 21 heavy (non-hydrogen) atoms. The van der Waals surface area contributed by atoms with Crippen molar-refractivity contribution < 1.29 is 9.53 Å². The average Bonchev–Trinajstić information content (AvgIpc) is 2.68. The van der Waals surface area contributed by atoms with E-state index in [0.29, 0.717) is 17.7 Å². The molecule has 0 radical (unpaired) electrons. The third-order valence-electron chi connectivity index (χ3n) is 3.06. The number of aromatic nitrogens is 2. The van der Waals surface area contributed by atoms with Crippen LogP contribution in [0.15, 0.2) is 18.2 Å². The maximum atomic E-state index is 11.9. The molecule has 6 heteroatoms. The molecule has 0 aliphatic carbocycles. The molecule has 0 spiro atoms. The van der Waals surface area contributed by atoms with Crippen LogP contribution in [0.25, 0.3) is 11.0 Å². The number of aryl methyl sites for hydroxylation is 1. The Bertz CT molecular complexity index is 710. The Morgan fingerprint density at radius 1 is 1.43 bits per heavy atom. The first-order valence-corrected chi connectivity index (χ1v) is 7.28. The summed E-state index contributed by atoms with van der Waals surface area (Å²) in [6.45, 7) is 6.45. The van der Waals surface area contributed by atoms with Crippen LogP contribution in [0.4, 0.5) is 0 Å². The maximum Gasteiger partial charge on any atom is 0.222 e. The first kappa shape index (κ1) is 15.6. The number of benzene rings is 1. The van der Waals surface area contributed by atoms with Crippen molar-refractivity contribution in [3.8, 4) is 5.75 Å². The molecule has 1 aromatic carbocycles. The van der Waals surface area contributed by atoms with E-state index in [1.165, 1.54) is 0 Å². The Morgan fingerprint density at radius 2 is 2.14 bits per heavy atom. The van der Waals surface area contributed by atoms with Gasteiger partial charge in [0.05, 0.1) is 18.1 Å². The van der Waals surface area contributed by atoms with Gasteiger partial charge in [0.2, 0.25) is 5.91 Å². The second-order valence-electron chi connectivity index (χ2n) is 6.01. The summed E-state index contributed by atoms with van der Waals surface area (Å²) in [4.78, 5) is 15.1.